The summed E-state index contributed by atoms with van der Waals surface area (Å²) < 4.78 is 2.63. The first-order valence-electron chi connectivity index (χ1n) is 3.53. The number of phenolic OH excluding ortho intramolecular Hbond substituents is 1. The predicted octanol–water partition coefficient (Wildman–Crippen LogP) is 1.07. The number of benzene rings is 1. The maximum Gasteiger partial charge on any atom is 0.234 e. The maximum absolute atomic E-state index is 10.9. The molecule has 3 nitrogen and oxygen atoms in total. The van der Waals surface area contributed by atoms with Crippen LogP contribution in [0.25, 0.3) is 0 Å². The molecule has 1 aliphatic rings. The van der Waals surface area contributed by atoms with Crippen LogP contribution >= 0.6 is 11.9 Å². The summed E-state index contributed by atoms with van der Waals surface area (Å²) in [7, 11) is 0. The van der Waals surface area contributed by atoms with Gasteiger partial charge < -0.3 is 5.11 Å². The van der Waals surface area contributed by atoms with E-state index in [1.54, 1.807) is 18.2 Å². The Labute approximate surface area is 73.9 Å². The number of fused-ring (bicyclic) bond motifs is 1. The fourth-order valence-electron chi connectivity index (χ4n) is 1.11. The van der Waals surface area contributed by atoms with Gasteiger partial charge in [-0.1, -0.05) is 6.07 Å². The molecule has 1 aromatic rings. The first kappa shape index (κ1) is 7.49. The van der Waals surface area contributed by atoms with E-state index in [1.165, 1.54) is 11.9 Å². The molecule has 1 heterocycles. The summed E-state index contributed by atoms with van der Waals surface area (Å²) in [5, 5.41) is 9.13. The molecule has 0 saturated carbocycles. The van der Waals surface area contributed by atoms with Gasteiger partial charge in [0, 0.05) is 4.90 Å². The molecule has 2 rings (SSSR count). The van der Waals surface area contributed by atoms with Crippen LogP contribution in [0, 0.1) is 0 Å². The van der Waals surface area contributed by atoms with E-state index >= 15 is 0 Å². The lowest BCUT2D eigenvalue weighted by Crippen LogP contribution is -2.22. The van der Waals surface area contributed by atoms with Gasteiger partial charge in [-0.25, -0.2) is 0 Å². The molecule has 2 N–H and O–H groups in total. The average Bonchev–Trinajstić information content (AvgIpc) is 2.05. The van der Waals surface area contributed by atoms with Gasteiger partial charge in [0.2, 0.25) is 5.91 Å². The summed E-state index contributed by atoms with van der Waals surface area (Å²) in [6.07, 6.45) is 0.405. The topological polar surface area (TPSA) is 49.3 Å². The van der Waals surface area contributed by atoms with E-state index in [0.29, 0.717) is 6.42 Å². The van der Waals surface area contributed by atoms with Crippen molar-refractivity contribution in [1.29, 1.82) is 0 Å². The van der Waals surface area contributed by atoms with Crippen LogP contribution in [0.3, 0.4) is 0 Å². The van der Waals surface area contributed by atoms with Crippen molar-refractivity contribution < 1.29 is 9.90 Å². The molecule has 0 saturated heterocycles. The molecular formula is C8H7NO2S. The third kappa shape index (κ3) is 1.25. The average molecular weight is 181 g/mol. The van der Waals surface area contributed by atoms with E-state index in [0.717, 1.165) is 10.5 Å². The van der Waals surface area contributed by atoms with Crippen molar-refractivity contribution in [2.45, 2.75) is 11.3 Å². The van der Waals surface area contributed by atoms with E-state index in [2.05, 4.69) is 4.72 Å². The molecule has 12 heavy (non-hydrogen) atoms. The Kier molecular flexibility index (Phi) is 1.69. The highest BCUT2D eigenvalue weighted by Gasteiger charge is 2.15. The smallest absolute Gasteiger partial charge is 0.234 e. The van der Waals surface area contributed by atoms with Gasteiger partial charge in [0.1, 0.15) is 5.75 Å². The lowest BCUT2D eigenvalue weighted by atomic mass is 10.1. The minimum atomic E-state index is 0.0122. The molecule has 4 heteroatoms. The zero-order valence-corrected chi connectivity index (χ0v) is 7.02. The Hall–Kier alpha value is -1.16. The summed E-state index contributed by atoms with van der Waals surface area (Å²) in [6, 6.07) is 5.02. The molecule has 0 fully saturated rings. The molecule has 0 atom stereocenters. The second-order valence-electron chi connectivity index (χ2n) is 2.60. The van der Waals surface area contributed by atoms with Crippen LogP contribution in [0.4, 0.5) is 0 Å². The van der Waals surface area contributed by atoms with Crippen LogP contribution < -0.4 is 4.72 Å². The van der Waals surface area contributed by atoms with Crippen molar-refractivity contribution in [2.75, 3.05) is 0 Å². The summed E-state index contributed by atoms with van der Waals surface area (Å²) in [6.45, 7) is 0. The number of amides is 1. The van der Waals surface area contributed by atoms with Crippen LogP contribution in [-0.2, 0) is 11.2 Å². The fraction of sp³-hybridized carbons (Fsp3) is 0.125. The zero-order valence-electron chi connectivity index (χ0n) is 6.20. The monoisotopic (exact) mass is 181 g/mol. The summed E-state index contributed by atoms with van der Waals surface area (Å²) in [4.78, 5) is 11.8. The number of nitrogens with one attached hydrogen (secondary N) is 1. The van der Waals surface area contributed by atoms with Crippen molar-refractivity contribution in [3.8, 4) is 5.75 Å². The molecular weight excluding hydrogens is 174 g/mol. The van der Waals surface area contributed by atoms with E-state index in [4.69, 9.17) is 5.11 Å². The Bertz CT molecular complexity index is 338. The highest BCUT2D eigenvalue weighted by Crippen LogP contribution is 2.28. The number of phenols is 1. The molecule has 0 bridgehead atoms. The Morgan fingerprint density at radius 1 is 1.50 bits per heavy atom. The van der Waals surface area contributed by atoms with E-state index in [-0.39, 0.29) is 11.7 Å². The van der Waals surface area contributed by atoms with Crippen LogP contribution in [0.2, 0.25) is 0 Å². The second kappa shape index (κ2) is 2.71. The molecule has 0 spiro atoms. The quantitative estimate of drug-likeness (QED) is 0.589. The lowest BCUT2D eigenvalue weighted by molar-refractivity contribution is -0.118. The minimum absolute atomic E-state index is 0.0122. The molecule has 0 radical (unpaired) electrons. The van der Waals surface area contributed by atoms with Gasteiger partial charge in [-0.2, -0.15) is 0 Å². The molecule has 0 aromatic heterocycles. The summed E-state index contributed by atoms with van der Waals surface area (Å²) >= 11 is 1.25. The van der Waals surface area contributed by atoms with Crippen LogP contribution in [0.1, 0.15) is 5.56 Å². The van der Waals surface area contributed by atoms with Crippen molar-refractivity contribution >= 4 is 17.9 Å². The van der Waals surface area contributed by atoms with Crippen LogP contribution in [-0.4, -0.2) is 11.0 Å². The van der Waals surface area contributed by atoms with Gasteiger partial charge in [0.25, 0.3) is 0 Å². The van der Waals surface area contributed by atoms with Crippen molar-refractivity contribution in [2.24, 2.45) is 0 Å². The molecule has 1 amide bonds. The van der Waals surface area contributed by atoms with Crippen LogP contribution in [0.15, 0.2) is 23.1 Å². The highest BCUT2D eigenvalue weighted by atomic mass is 32.2. The van der Waals surface area contributed by atoms with Crippen molar-refractivity contribution in [3.05, 3.63) is 23.8 Å². The Morgan fingerprint density at radius 2 is 2.33 bits per heavy atom. The highest BCUT2D eigenvalue weighted by molar-refractivity contribution is 7.98. The summed E-state index contributed by atoms with van der Waals surface area (Å²) in [5.41, 5.74) is 0.974. The van der Waals surface area contributed by atoms with Gasteiger partial charge >= 0.3 is 0 Å². The van der Waals surface area contributed by atoms with Crippen molar-refractivity contribution in [1.82, 2.24) is 4.72 Å². The van der Waals surface area contributed by atoms with Gasteiger partial charge in [0.15, 0.2) is 0 Å². The fourth-order valence-corrected chi connectivity index (χ4v) is 1.85. The first-order chi connectivity index (χ1) is 5.75. The number of hydrogen-bond acceptors (Lipinski definition) is 3. The largest absolute Gasteiger partial charge is 0.508 e. The van der Waals surface area contributed by atoms with E-state index < -0.39 is 0 Å². The predicted molar refractivity (Wildman–Crippen MR) is 45.8 cm³/mol. The van der Waals surface area contributed by atoms with Gasteiger partial charge in [-0.05, 0) is 29.6 Å². The SMILES string of the molecule is O=C1Cc2ccc(O)cc2SN1. The van der Waals surface area contributed by atoms with E-state index in [9.17, 15) is 4.79 Å². The first-order valence-corrected chi connectivity index (χ1v) is 4.35. The zero-order chi connectivity index (χ0) is 8.55. The van der Waals surface area contributed by atoms with Gasteiger partial charge in [-0.3, -0.25) is 9.52 Å². The standard InChI is InChI=1S/C8H7NO2S/c10-6-2-1-5-3-8(11)9-12-7(5)4-6/h1-2,4,10H,3H2,(H,9,11). The minimum Gasteiger partial charge on any atom is -0.508 e. The van der Waals surface area contributed by atoms with Crippen molar-refractivity contribution in [3.63, 3.8) is 0 Å². The molecule has 1 aliphatic heterocycles. The second-order valence-corrected chi connectivity index (χ2v) is 3.44. The number of carbonyl (C=O) groups excluding carboxylic acids is 1. The summed E-state index contributed by atoms with van der Waals surface area (Å²) in [5.74, 6) is 0.246. The number of carbonyl (C=O) groups is 1. The maximum atomic E-state index is 10.9. The number of rotatable bonds is 0. The molecule has 62 valence electrons. The molecule has 1 aromatic carbocycles. The van der Waals surface area contributed by atoms with Crippen LogP contribution in [0.5, 0.6) is 5.75 Å². The molecule has 0 unspecified atom stereocenters. The third-order valence-electron chi connectivity index (χ3n) is 1.68. The molecule has 0 aliphatic carbocycles. The van der Waals surface area contributed by atoms with E-state index in [1.807, 2.05) is 0 Å². The van der Waals surface area contributed by atoms with Gasteiger partial charge in [-0.15, -0.1) is 0 Å². The Balaban J connectivity index is 2.43. The third-order valence-corrected chi connectivity index (χ3v) is 2.61. The normalized spacial score (nSPS) is 15.2. The number of hydrogen-bond donors (Lipinski definition) is 2. The number of aromatic hydroxyl groups is 1. The Morgan fingerprint density at radius 3 is 3.17 bits per heavy atom. The lowest BCUT2D eigenvalue weighted by Gasteiger charge is -2.14. The van der Waals surface area contributed by atoms with Gasteiger partial charge in [0.05, 0.1) is 6.42 Å².